The molecule has 2 atom stereocenters. The molecule has 156 valence electrons. The number of ether oxygens (including phenoxy) is 1. The number of β-amino-alcohol motifs (C(OH)–C–C–N with tert-alkyl or cyclic N) is 1. The Balaban J connectivity index is 1.46. The zero-order chi connectivity index (χ0) is 21.1. The van der Waals surface area contributed by atoms with Crippen LogP contribution in [0.25, 0.3) is 10.6 Å². The van der Waals surface area contributed by atoms with E-state index >= 15 is 0 Å². The molecule has 4 rings (SSSR count). The second kappa shape index (κ2) is 8.82. The van der Waals surface area contributed by atoms with Crippen molar-refractivity contribution in [1.82, 2.24) is 15.3 Å². The Morgan fingerprint density at radius 3 is 2.87 bits per heavy atom. The fourth-order valence-electron chi connectivity index (χ4n) is 3.10. The van der Waals surface area contributed by atoms with Gasteiger partial charge in [0, 0.05) is 30.2 Å². The summed E-state index contributed by atoms with van der Waals surface area (Å²) in [6, 6.07) is 5.16. The maximum atomic E-state index is 14.0. The predicted molar refractivity (Wildman–Crippen MR) is 108 cm³/mol. The van der Waals surface area contributed by atoms with Crippen molar-refractivity contribution in [2.45, 2.75) is 18.6 Å². The number of amides is 1. The predicted octanol–water partition coefficient (Wildman–Crippen LogP) is 2.84. The number of aromatic nitrogens is 2. The molecule has 0 bridgehead atoms. The Bertz CT molecular complexity index is 1040. The van der Waals surface area contributed by atoms with Gasteiger partial charge >= 0.3 is 0 Å². The molecule has 1 aromatic carbocycles. The van der Waals surface area contributed by atoms with Gasteiger partial charge in [-0.1, -0.05) is 6.07 Å². The fourth-order valence-corrected chi connectivity index (χ4v) is 3.94. The van der Waals surface area contributed by atoms with E-state index in [-0.39, 0.29) is 22.3 Å². The topological polar surface area (TPSA) is 96.4 Å². The van der Waals surface area contributed by atoms with Crippen LogP contribution >= 0.6 is 11.3 Å². The van der Waals surface area contributed by atoms with Crippen LogP contribution in [0.3, 0.4) is 0 Å². The molecule has 2 aromatic heterocycles. The van der Waals surface area contributed by atoms with Crippen molar-refractivity contribution in [3.05, 3.63) is 59.4 Å². The third kappa shape index (κ3) is 4.45. The summed E-state index contributed by atoms with van der Waals surface area (Å²) in [7, 11) is 0. The Morgan fingerprint density at radius 1 is 1.33 bits per heavy atom. The van der Waals surface area contributed by atoms with Gasteiger partial charge < -0.3 is 20.5 Å². The molecule has 1 aliphatic rings. The van der Waals surface area contributed by atoms with Crippen molar-refractivity contribution in [3.63, 3.8) is 0 Å². The van der Waals surface area contributed by atoms with E-state index in [1.807, 2.05) is 0 Å². The molecule has 1 amide bonds. The molecular weight excluding hydrogens is 414 g/mol. The van der Waals surface area contributed by atoms with Crippen molar-refractivity contribution >= 4 is 22.9 Å². The molecule has 3 aromatic rings. The summed E-state index contributed by atoms with van der Waals surface area (Å²) in [4.78, 5) is 20.7. The lowest BCUT2D eigenvalue weighted by Gasteiger charge is -2.15. The number of aliphatic hydroxyl groups excluding tert-OH is 1. The zero-order valence-corrected chi connectivity index (χ0v) is 16.5. The monoisotopic (exact) mass is 432 g/mol. The smallest absolute Gasteiger partial charge is 0.275 e. The van der Waals surface area contributed by atoms with Crippen LogP contribution in [0.4, 0.5) is 14.5 Å². The summed E-state index contributed by atoms with van der Waals surface area (Å²) in [5.74, 6) is -1.63. The molecule has 7 nitrogen and oxygen atoms in total. The van der Waals surface area contributed by atoms with Gasteiger partial charge in [0.05, 0.1) is 17.9 Å². The minimum Gasteiger partial charge on any atom is -0.490 e. The van der Waals surface area contributed by atoms with Crippen LogP contribution in [-0.4, -0.2) is 46.3 Å². The minimum atomic E-state index is -0.745. The van der Waals surface area contributed by atoms with Gasteiger partial charge in [-0.25, -0.2) is 13.8 Å². The first kappa shape index (κ1) is 20.3. The van der Waals surface area contributed by atoms with E-state index in [0.717, 1.165) is 23.5 Å². The Morgan fingerprint density at radius 2 is 2.13 bits per heavy atom. The van der Waals surface area contributed by atoms with Gasteiger partial charge in [-0.2, -0.15) is 0 Å². The van der Waals surface area contributed by atoms with Crippen LogP contribution in [0, 0.1) is 11.6 Å². The third-order valence-corrected chi connectivity index (χ3v) is 5.44. The Kier molecular flexibility index (Phi) is 5.98. The van der Waals surface area contributed by atoms with E-state index in [9.17, 15) is 18.7 Å². The highest BCUT2D eigenvalue weighted by Gasteiger charge is 2.23. The van der Waals surface area contributed by atoms with E-state index in [4.69, 9.17) is 4.74 Å². The average Bonchev–Trinajstić information content (AvgIpc) is 3.37. The van der Waals surface area contributed by atoms with Crippen molar-refractivity contribution in [2.24, 2.45) is 0 Å². The van der Waals surface area contributed by atoms with Crippen LogP contribution in [-0.2, 0) is 0 Å². The summed E-state index contributed by atoms with van der Waals surface area (Å²) < 4.78 is 33.7. The number of aliphatic hydroxyl groups is 1. The van der Waals surface area contributed by atoms with Crippen LogP contribution in [0.15, 0.2) is 42.0 Å². The zero-order valence-electron chi connectivity index (χ0n) is 15.6. The number of thiazole rings is 1. The van der Waals surface area contributed by atoms with Crippen LogP contribution in [0.2, 0.25) is 0 Å². The summed E-state index contributed by atoms with van der Waals surface area (Å²) in [5, 5.41) is 16.9. The van der Waals surface area contributed by atoms with Gasteiger partial charge in [0.15, 0.2) is 0 Å². The first-order chi connectivity index (χ1) is 14.5. The molecule has 1 saturated heterocycles. The number of nitrogens with zero attached hydrogens (tertiary/aromatic N) is 2. The normalized spacial score (nSPS) is 18.4. The molecule has 0 saturated carbocycles. The number of halogens is 2. The number of hydrogen-bond donors (Lipinski definition) is 3. The molecule has 10 heteroatoms. The SMILES string of the molecule is O=C(Nc1cnccc1OC[C@@H]1C[C@H](O)CN1)c1csc(-c2c(F)cccc2F)n1. The second-order valence-electron chi connectivity index (χ2n) is 6.77. The van der Waals surface area contributed by atoms with E-state index in [2.05, 4.69) is 20.6 Å². The largest absolute Gasteiger partial charge is 0.490 e. The highest BCUT2D eigenvalue weighted by Crippen LogP contribution is 2.30. The average molecular weight is 432 g/mol. The van der Waals surface area contributed by atoms with Crippen LogP contribution in [0.1, 0.15) is 16.9 Å². The fraction of sp³-hybridized carbons (Fsp3) is 0.250. The summed E-state index contributed by atoms with van der Waals surface area (Å²) in [6.07, 6.45) is 3.16. The van der Waals surface area contributed by atoms with E-state index in [0.29, 0.717) is 31.0 Å². The van der Waals surface area contributed by atoms with Gasteiger partial charge in [-0.3, -0.25) is 9.78 Å². The summed E-state index contributed by atoms with van der Waals surface area (Å²) in [5.41, 5.74) is 0.0962. The van der Waals surface area contributed by atoms with E-state index in [1.54, 1.807) is 6.07 Å². The molecule has 0 unspecified atom stereocenters. The van der Waals surface area contributed by atoms with Gasteiger partial charge in [0.2, 0.25) is 0 Å². The second-order valence-corrected chi connectivity index (χ2v) is 7.62. The van der Waals surface area contributed by atoms with Crippen molar-refractivity contribution < 1.29 is 23.4 Å². The molecule has 3 N–H and O–H groups in total. The molecule has 1 aliphatic heterocycles. The molecular formula is C20H18F2N4O3S. The van der Waals surface area contributed by atoms with Gasteiger partial charge in [-0.15, -0.1) is 11.3 Å². The number of nitrogens with one attached hydrogen (secondary N) is 2. The Labute approximate surface area is 174 Å². The summed E-state index contributed by atoms with van der Waals surface area (Å²) >= 11 is 0.971. The maximum Gasteiger partial charge on any atom is 0.275 e. The summed E-state index contributed by atoms with van der Waals surface area (Å²) in [6.45, 7) is 0.833. The number of anilines is 1. The first-order valence-corrected chi connectivity index (χ1v) is 10.1. The van der Waals surface area contributed by atoms with Gasteiger partial charge in [0.1, 0.15) is 40.4 Å². The van der Waals surface area contributed by atoms with Crippen molar-refractivity contribution in [3.8, 4) is 16.3 Å². The molecule has 30 heavy (non-hydrogen) atoms. The quantitative estimate of drug-likeness (QED) is 0.554. The number of carbonyl (C=O) groups is 1. The van der Waals surface area contributed by atoms with Gasteiger partial charge in [-0.05, 0) is 18.6 Å². The number of hydrogen-bond acceptors (Lipinski definition) is 7. The van der Waals surface area contributed by atoms with Crippen molar-refractivity contribution in [2.75, 3.05) is 18.5 Å². The molecule has 1 fully saturated rings. The van der Waals surface area contributed by atoms with Crippen LogP contribution in [0.5, 0.6) is 5.75 Å². The van der Waals surface area contributed by atoms with E-state index < -0.39 is 23.6 Å². The van der Waals surface area contributed by atoms with Crippen LogP contribution < -0.4 is 15.4 Å². The maximum absolute atomic E-state index is 14.0. The standard InChI is InChI=1S/C20H18F2N4O3S/c21-13-2-1-3-14(22)18(13)20-26-16(10-30-20)19(28)25-15-8-23-5-4-17(15)29-9-11-6-12(27)7-24-11/h1-5,8,10-12,24,27H,6-7,9H2,(H,25,28)/t11-,12-/m0/s1. The van der Waals surface area contributed by atoms with E-state index in [1.165, 1.54) is 23.8 Å². The molecule has 0 aliphatic carbocycles. The Hall–Kier alpha value is -2.95. The minimum absolute atomic E-state index is 0.00785. The lowest BCUT2D eigenvalue weighted by molar-refractivity contribution is 0.102. The van der Waals surface area contributed by atoms with Gasteiger partial charge in [0.25, 0.3) is 5.91 Å². The number of pyridine rings is 1. The molecule has 0 spiro atoms. The lowest BCUT2D eigenvalue weighted by atomic mass is 10.2. The third-order valence-electron chi connectivity index (χ3n) is 4.58. The number of rotatable bonds is 6. The highest BCUT2D eigenvalue weighted by molar-refractivity contribution is 7.13. The first-order valence-electron chi connectivity index (χ1n) is 9.21. The molecule has 3 heterocycles. The highest BCUT2D eigenvalue weighted by atomic mass is 32.1. The number of benzene rings is 1. The molecule has 0 radical (unpaired) electrons. The number of carbonyl (C=O) groups excluding carboxylic acids is 1. The lowest BCUT2D eigenvalue weighted by Crippen LogP contribution is -2.28. The van der Waals surface area contributed by atoms with Crippen molar-refractivity contribution in [1.29, 1.82) is 0 Å².